The van der Waals surface area contributed by atoms with Crippen molar-refractivity contribution < 1.29 is 24.2 Å². The zero-order valence-electron chi connectivity index (χ0n) is 15.8. The fraction of sp³-hybridized carbons (Fsp3) is 0.571. The molecule has 0 radical (unpaired) electrons. The van der Waals surface area contributed by atoms with Gasteiger partial charge in [-0.25, -0.2) is 0 Å². The molecule has 1 aromatic carbocycles. The second-order valence-corrected chi connectivity index (χ2v) is 8.02. The Balaban J connectivity index is 1.43. The molecule has 4 aliphatic rings. The van der Waals surface area contributed by atoms with Crippen molar-refractivity contribution in [2.45, 2.75) is 25.7 Å². The molecule has 1 saturated heterocycles. The fourth-order valence-corrected chi connectivity index (χ4v) is 5.04. The zero-order chi connectivity index (χ0) is 19.7. The Morgan fingerprint density at radius 3 is 2.07 bits per heavy atom. The lowest BCUT2D eigenvalue weighted by Gasteiger charge is -2.48. The van der Waals surface area contributed by atoms with Crippen molar-refractivity contribution in [3.05, 3.63) is 29.8 Å². The van der Waals surface area contributed by atoms with Crippen molar-refractivity contribution >= 4 is 23.5 Å². The van der Waals surface area contributed by atoms with E-state index in [2.05, 4.69) is 5.32 Å². The molecule has 1 heterocycles. The molecule has 5 rings (SSSR count). The number of hydrogen-bond donors (Lipinski definition) is 1. The minimum Gasteiger partial charge on any atom is -0.550 e. The first-order valence-corrected chi connectivity index (χ1v) is 10.0. The molecule has 28 heavy (non-hydrogen) atoms. The van der Waals surface area contributed by atoms with E-state index in [1.807, 2.05) is 0 Å². The van der Waals surface area contributed by atoms with Crippen LogP contribution in [0.25, 0.3) is 0 Å². The number of carbonyl (C=O) groups excluding carboxylic acids is 3. The number of carboxylic acid groups (broad SMARTS) is 1. The van der Waals surface area contributed by atoms with Gasteiger partial charge in [-0.2, -0.15) is 0 Å². The normalized spacial score (nSPS) is 29.4. The molecule has 0 spiro atoms. The van der Waals surface area contributed by atoms with Gasteiger partial charge < -0.3 is 24.9 Å². The first-order chi connectivity index (χ1) is 13.5. The molecular formula is C21H25N2O5-. The van der Waals surface area contributed by atoms with E-state index >= 15 is 0 Å². The number of carbonyl (C=O) groups is 3. The highest BCUT2D eigenvalue weighted by molar-refractivity contribution is 5.97. The highest BCUT2D eigenvalue weighted by atomic mass is 16.5. The van der Waals surface area contributed by atoms with Gasteiger partial charge in [0.25, 0.3) is 5.91 Å². The third kappa shape index (κ3) is 3.63. The summed E-state index contributed by atoms with van der Waals surface area (Å²) in [6, 6.07) is 6.77. The van der Waals surface area contributed by atoms with Crippen LogP contribution in [0.3, 0.4) is 0 Å². The number of morpholine rings is 1. The average Bonchev–Trinajstić information content (AvgIpc) is 2.74. The number of amides is 2. The molecule has 3 aliphatic carbocycles. The Hall–Kier alpha value is -2.41. The van der Waals surface area contributed by atoms with Crippen molar-refractivity contribution in [2.75, 3.05) is 31.6 Å². The molecule has 0 unspecified atom stereocenters. The first kappa shape index (κ1) is 18.9. The Morgan fingerprint density at radius 2 is 1.50 bits per heavy atom. The van der Waals surface area contributed by atoms with Crippen LogP contribution in [-0.2, 0) is 14.3 Å². The molecule has 7 nitrogen and oxygen atoms in total. The first-order valence-electron chi connectivity index (χ1n) is 10.0. The highest BCUT2D eigenvalue weighted by Gasteiger charge is 2.47. The number of nitrogens with zero attached hydrogens (tertiary/aromatic N) is 1. The summed E-state index contributed by atoms with van der Waals surface area (Å²) < 4.78 is 5.26. The second-order valence-electron chi connectivity index (χ2n) is 8.02. The van der Waals surface area contributed by atoms with Crippen LogP contribution in [0.4, 0.5) is 5.69 Å². The Bertz CT molecular complexity index is 749. The van der Waals surface area contributed by atoms with Gasteiger partial charge >= 0.3 is 0 Å². The monoisotopic (exact) mass is 385 g/mol. The van der Waals surface area contributed by atoms with E-state index in [9.17, 15) is 19.5 Å². The molecule has 1 N–H and O–H groups in total. The topological polar surface area (TPSA) is 98.8 Å². The van der Waals surface area contributed by atoms with Crippen molar-refractivity contribution in [3.63, 3.8) is 0 Å². The fourth-order valence-electron chi connectivity index (χ4n) is 5.04. The van der Waals surface area contributed by atoms with Gasteiger partial charge in [0.05, 0.1) is 13.2 Å². The van der Waals surface area contributed by atoms with Crippen LogP contribution in [0.2, 0.25) is 0 Å². The number of anilines is 1. The summed E-state index contributed by atoms with van der Waals surface area (Å²) in [5.41, 5.74) is 1.13. The third-order valence-corrected chi connectivity index (χ3v) is 6.49. The minimum absolute atomic E-state index is 0.0410. The van der Waals surface area contributed by atoms with Crippen LogP contribution in [0.15, 0.2) is 24.3 Å². The third-order valence-electron chi connectivity index (χ3n) is 6.49. The lowest BCUT2D eigenvalue weighted by molar-refractivity contribution is -0.318. The standard InChI is InChI=1S/C21H26N2O5/c24-19(17-13-1-3-14(4-2-13)18(17)21(26)27)22-16-7-5-15(6-8-16)20(25)23-9-11-28-12-10-23/h5-8,13-14,17-18H,1-4,9-12H2,(H,22,24)(H,26,27)/p-1/t13?,14?,17-,18+/m1/s1. The van der Waals surface area contributed by atoms with E-state index in [4.69, 9.17) is 4.74 Å². The molecule has 150 valence electrons. The highest BCUT2D eigenvalue weighted by Crippen LogP contribution is 2.49. The average molecular weight is 385 g/mol. The SMILES string of the molecule is O=C(Nc1ccc(C(=O)N2CCOCC2)cc1)[C@@H]1C2CCC(CC2)[C@@H]1C(=O)[O-]. The van der Waals surface area contributed by atoms with Crippen LogP contribution >= 0.6 is 0 Å². The summed E-state index contributed by atoms with van der Waals surface area (Å²) in [5.74, 6) is -2.50. The summed E-state index contributed by atoms with van der Waals surface area (Å²) in [5, 5.41) is 14.5. The van der Waals surface area contributed by atoms with Gasteiger partial charge in [0, 0.05) is 42.1 Å². The summed E-state index contributed by atoms with van der Waals surface area (Å²) in [6.45, 7) is 2.24. The largest absolute Gasteiger partial charge is 0.550 e. The van der Waals surface area contributed by atoms with Crippen LogP contribution in [0.5, 0.6) is 0 Å². The van der Waals surface area contributed by atoms with E-state index in [1.54, 1.807) is 29.2 Å². The molecule has 3 saturated carbocycles. The number of rotatable bonds is 4. The number of aliphatic carboxylic acids is 1. The van der Waals surface area contributed by atoms with Gasteiger partial charge in [0.1, 0.15) is 0 Å². The Morgan fingerprint density at radius 1 is 0.929 bits per heavy atom. The molecule has 2 atom stereocenters. The van der Waals surface area contributed by atoms with E-state index in [1.165, 1.54) is 0 Å². The molecule has 1 aromatic rings. The molecule has 2 amide bonds. The lowest BCUT2D eigenvalue weighted by atomic mass is 9.58. The molecule has 7 heteroatoms. The molecule has 1 aliphatic heterocycles. The van der Waals surface area contributed by atoms with Crippen molar-refractivity contribution in [1.29, 1.82) is 0 Å². The summed E-state index contributed by atoms with van der Waals surface area (Å²) in [4.78, 5) is 38.7. The van der Waals surface area contributed by atoms with E-state index < -0.39 is 17.8 Å². The Labute approximate surface area is 164 Å². The maximum Gasteiger partial charge on any atom is 0.254 e. The number of carboxylic acids is 1. The smallest absolute Gasteiger partial charge is 0.254 e. The predicted molar refractivity (Wildman–Crippen MR) is 99.2 cm³/mol. The second kappa shape index (κ2) is 7.91. The number of ether oxygens (including phenoxy) is 1. The van der Waals surface area contributed by atoms with Crippen molar-refractivity contribution in [2.24, 2.45) is 23.7 Å². The zero-order valence-corrected chi connectivity index (χ0v) is 15.8. The number of fused-ring (bicyclic) bond motifs is 3. The number of hydrogen-bond acceptors (Lipinski definition) is 5. The maximum absolute atomic E-state index is 12.8. The van der Waals surface area contributed by atoms with E-state index in [0.717, 1.165) is 25.7 Å². The van der Waals surface area contributed by atoms with Crippen LogP contribution in [0, 0.1) is 23.7 Å². The van der Waals surface area contributed by atoms with Gasteiger partial charge in [0.2, 0.25) is 5.91 Å². The molecular weight excluding hydrogens is 360 g/mol. The molecule has 2 bridgehead atoms. The van der Waals surface area contributed by atoms with Crippen molar-refractivity contribution in [1.82, 2.24) is 4.90 Å². The van der Waals surface area contributed by atoms with Gasteiger partial charge in [-0.15, -0.1) is 0 Å². The van der Waals surface area contributed by atoms with Gasteiger partial charge in [-0.3, -0.25) is 9.59 Å². The quantitative estimate of drug-likeness (QED) is 0.830. The summed E-state index contributed by atoms with van der Waals surface area (Å²) >= 11 is 0. The summed E-state index contributed by atoms with van der Waals surface area (Å²) in [7, 11) is 0. The predicted octanol–water partition coefficient (Wildman–Crippen LogP) is 0.900. The molecule has 0 aromatic heterocycles. The van der Waals surface area contributed by atoms with Gasteiger partial charge in [0.15, 0.2) is 0 Å². The summed E-state index contributed by atoms with van der Waals surface area (Å²) in [6.07, 6.45) is 3.54. The lowest BCUT2D eigenvalue weighted by Crippen LogP contribution is -2.52. The number of nitrogens with one attached hydrogen (secondary N) is 1. The van der Waals surface area contributed by atoms with Crippen LogP contribution in [0.1, 0.15) is 36.0 Å². The van der Waals surface area contributed by atoms with E-state index in [0.29, 0.717) is 37.6 Å². The van der Waals surface area contributed by atoms with Gasteiger partial charge in [-0.1, -0.05) is 0 Å². The van der Waals surface area contributed by atoms with Crippen LogP contribution < -0.4 is 10.4 Å². The minimum atomic E-state index is -1.11. The Kier molecular flexibility index (Phi) is 5.35. The van der Waals surface area contributed by atoms with Crippen molar-refractivity contribution in [3.8, 4) is 0 Å². The van der Waals surface area contributed by atoms with Gasteiger partial charge in [-0.05, 0) is 61.8 Å². The van der Waals surface area contributed by atoms with Crippen LogP contribution in [-0.4, -0.2) is 49.0 Å². The molecule has 4 fully saturated rings. The number of benzene rings is 1. The maximum atomic E-state index is 12.8. The van der Waals surface area contributed by atoms with E-state index in [-0.39, 0.29) is 23.7 Å².